The molecule has 1 heterocycles. The van der Waals surface area contributed by atoms with Crippen molar-refractivity contribution in [1.29, 1.82) is 0 Å². The molecular formula is C29H33ClN2O2. The summed E-state index contributed by atoms with van der Waals surface area (Å²) in [6.45, 7) is 3.23. The van der Waals surface area contributed by atoms with E-state index in [-0.39, 0.29) is 5.41 Å². The molecule has 3 aromatic rings. The van der Waals surface area contributed by atoms with Crippen molar-refractivity contribution in [2.24, 2.45) is 0 Å². The van der Waals surface area contributed by atoms with Crippen LogP contribution in [0.15, 0.2) is 84.9 Å². The molecule has 5 heteroatoms. The quantitative estimate of drug-likeness (QED) is 0.398. The number of hydrogen-bond acceptors (Lipinski definition) is 3. The lowest BCUT2D eigenvalue weighted by Crippen LogP contribution is -2.44. The van der Waals surface area contributed by atoms with Gasteiger partial charge in [-0.2, -0.15) is 0 Å². The van der Waals surface area contributed by atoms with Gasteiger partial charge in [0.25, 0.3) is 0 Å². The zero-order chi connectivity index (χ0) is 23.9. The van der Waals surface area contributed by atoms with Crippen LogP contribution in [0.4, 0.5) is 0 Å². The van der Waals surface area contributed by atoms with E-state index < -0.39 is 5.60 Å². The molecule has 34 heavy (non-hydrogen) atoms. The van der Waals surface area contributed by atoms with E-state index in [4.69, 9.17) is 11.6 Å². The lowest BCUT2D eigenvalue weighted by molar-refractivity contribution is -0.109. The minimum Gasteiger partial charge on any atom is -0.385 e. The summed E-state index contributed by atoms with van der Waals surface area (Å²) in [4.78, 5) is 13.7. The smallest absolute Gasteiger partial charge is 0.207 e. The number of nitrogens with one attached hydrogen (secondary N) is 1. The summed E-state index contributed by atoms with van der Waals surface area (Å²) in [6, 6.07) is 28.5. The minimum absolute atomic E-state index is 0.288. The highest BCUT2D eigenvalue weighted by Crippen LogP contribution is 2.37. The molecule has 0 spiro atoms. The zero-order valence-corrected chi connectivity index (χ0v) is 20.3. The Kier molecular flexibility index (Phi) is 8.04. The minimum atomic E-state index is -0.785. The van der Waals surface area contributed by atoms with E-state index in [1.54, 1.807) is 0 Å². The molecule has 4 rings (SSSR count). The largest absolute Gasteiger partial charge is 0.385 e. The van der Waals surface area contributed by atoms with E-state index >= 15 is 0 Å². The Balaban J connectivity index is 1.44. The molecule has 4 nitrogen and oxygen atoms in total. The molecule has 1 aliphatic rings. The van der Waals surface area contributed by atoms with E-state index in [1.807, 2.05) is 36.4 Å². The monoisotopic (exact) mass is 476 g/mol. The first-order chi connectivity index (χ1) is 16.6. The molecule has 0 aromatic heterocycles. The zero-order valence-electron chi connectivity index (χ0n) is 19.5. The van der Waals surface area contributed by atoms with Crippen LogP contribution in [-0.4, -0.2) is 42.6 Å². The molecule has 3 aromatic carbocycles. The summed E-state index contributed by atoms with van der Waals surface area (Å²) in [7, 11) is 0. The van der Waals surface area contributed by atoms with E-state index in [9.17, 15) is 9.90 Å². The Hall–Kier alpha value is -2.66. The van der Waals surface area contributed by atoms with Crippen molar-refractivity contribution in [2.75, 3.05) is 26.2 Å². The summed E-state index contributed by atoms with van der Waals surface area (Å²) in [5.74, 6) is 0. The van der Waals surface area contributed by atoms with Gasteiger partial charge in [0.2, 0.25) is 6.41 Å². The summed E-state index contributed by atoms with van der Waals surface area (Å²) >= 11 is 6.02. The first-order valence-electron chi connectivity index (χ1n) is 12.0. The van der Waals surface area contributed by atoms with Gasteiger partial charge in [0.1, 0.15) is 0 Å². The van der Waals surface area contributed by atoms with Crippen LogP contribution in [0.5, 0.6) is 0 Å². The fourth-order valence-corrected chi connectivity index (χ4v) is 5.40. The van der Waals surface area contributed by atoms with E-state index in [1.165, 1.54) is 11.1 Å². The molecule has 0 aliphatic carbocycles. The second-order valence-corrected chi connectivity index (χ2v) is 9.73. The van der Waals surface area contributed by atoms with Gasteiger partial charge in [-0.25, -0.2) is 0 Å². The molecule has 2 N–H and O–H groups in total. The number of carbonyl (C=O) groups excluding carboxylic acids is 1. The molecule has 0 radical (unpaired) electrons. The van der Waals surface area contributed by atoms with Crippen LogP contribution in [0, 0.1) is 0 Å². The standard InChI is InChI=1S/C29H33ClN2O2/c30-27-14-12-26(13-15-27)29(34)17-20-32(21-18-29)19-7-16-28(22-31-23-33,24-8-3-1-4-9-24)25-10-5-2-6-11-25/h1-6,8-15,23,34H,7,16-22H2,(H,31,33). The molecule has 1 aliphatic heterocycles. The molecule has 0 saturated carbocycles. The van der Waals surface area contributed by atoms with Crippen molar-refractivity contribution in [1.82, 2.24) is 10.2 Å². The van der Waals surface area contributed by atoms with Gasteiger partial charge in [-0.3, -0.25) is 4.79 Å². The highest BCUT2D eigenvalue weighted by Gasteiger charge is 2.36. The second-order valence-electron chi connectivity index (χ2n) is 9.30. The Labute approximate surface area is 207 Å². The van der Waals surface area contributed by atoms with Gasteiger partial charge >= 0.3 is 0 Å². The summed E-state index contributed by atoms with van der Waals surface area (Å²) < 4.78 is 0. The molecular weight excluding hydrogens is 444 g/mol. The maximum absolute atomic E-state index is 11.3. The van der Waals surface area contributed by atoms with Crippen LogP contribution in [-0.2, 0) is 15.8 Å². The van der Waals surface area contributed by atoms with Crippen molar-refractivity contribution >= 4 is 18.0 Å². The highest BCUT2D eigenvalue weighted by atomic mass is 35.5. The summed E-state index contributed by atoms with van der Waals surface area (Å²) in [5.41, 5.74) is 2.30. The maximum atomic E-state index is 11.3. The number of aliphatic hydroxyl groups is 1. The number of benzene rings is 3. The molecule has 0 unspecified atom stereocenters. The van der Waals surface area contributed by atoms with Crippen LogP contribution >= 0.6 is 11.6 Å². The van der Waals surface area contributed by atoms with Crippen molar-refractivity contribution in [2.45, 2.75) is 36.7 Å². The summed E-state index contributed by atoms with van der Waals surface area (Å²) in [5, 5.41) is 14.8. The van der Waals surface area contributed by atoms with E-state index in [0.29, 0.717) is 24.4 Å². The Morgan fingerprint density at radius 3 is 2.00 bits per heavy atom. The summed E-state index contributed by atoms with van der Waals surface area (Å²) in [6.07, 6.45) is 4.13. The number of hydrogen-bond donors (Lipinski definition) is 2. The topological polar surface area (TPSA) is 52.6 Å². The Morgan fingerprint density at radius 2 is 1.47 bits per heavy atom. The SMILES string of the molecule is O=CNCC(CCCN1CCC(O)(c2ccc(Cl)cc2)CC1)(c1ccccc1)c1ccccc1. The van der Waals surface area contributed by atoms with Crippen LogP contribution < -0.4 is 5.32 Å². The van der Waals surface area contributed by atoms with Gasteiger partial charge in [0.15, 0.2) is 0 Å². The number of nitrogens with zero attached hydrogens (tertiary/aromatic N) is 1. The van der Waals surface area contributed by atoms with Crippen molar-refractivity contribution < 1.29 is 9.90 Å². The van der Waals surface area contributed by atoms with Gasteiger partial charge in [0.05, 0.1) is 5.60 Å². The molecule has 0 bridgehead atoms. The fraction of sp³-hybridized carbons (Fsp3) is 0.345. The third-order valence-electron chi connectivity index (χ3n) is 7.28. The fourth-order valence-electron chi connectivity index (χ4n) is 5.28. The number of halogens is 1. The first-order valence-corrected chi connectivity index (χ1v) is 12.4. The van der Waals surface area contributed by atoms with Gasteiger partial charge < -0.3 is 15.3 Å². The second kappa shape index (κ2) is 11.2. The molecule has 0 atom stereocenters. The number of carbonyl (C=O) groups is 1. The number of amides is 1. The predicted molar refractivity (Wildman–Crippen MR) is 138 cm³/mol. The van der Waals surface area contributed by atoms with Crippen LogP contribution in [0.3, 0.4) is 0 Å². The van der Waals surface area contributed by atoms with Gasteiger partial charge in [-0.15, -0.1) is 0 Å². The lowest BCUT2D eigenvalue weighted by atomic mass is 9.71. The van der Waals surface area contributed by atoms with Crippen molar-refractivity contribution in [3.8, 4) is 0 Å². The third-order valence-corrected chi connectivity index (χ3v) is 7.53. The Morgan fingerprint density at radius 1 is 0.912 bits per heavy atom. The van der Waals surface area contributed by atoms with Crippen molar-refractivity contribution in [3.05, 3.63) is 107 Å². The first kappa shape index (κ1) is 24.5. The number of rotatable bonds is 10. The average molecular weight is 477 g/mol. The van der Waals surface area contributed by atoms with E-state index in [2.05, 4.69) is 58.7 Å². The molecule has 1 fully saturated rings. The number of likely N-dealkylation sites (tertiary alicyclic amines) is 1. The van der Waals surface area contributed by atoms with Crippen molar-refractivity contribution in [3.63, 3.8) is 0 Å². The predicted octanol–water partition coefficient (Wildman–Crippen LogP) is 5.14. The molecule has 178 valence electrons. The third kappa shape index (κ3) is 5.52. The Bertz CT molecular complexity index is 993. The highest BCUT2D eigenvalue weighted by molar-refractivity contribution is 6.30. The lowest BCUT2D eigenvalue weighted by Gasteiger charge is -2.40. The van der Waals surface area contributed by atoms with Crippen LogP contribution in [0.25, 0.3) is 0 Å². The van der Waals surface area contributed by atoms with Gasteiger partial charge in [-0.1, -0.05) is 84.4 Å². The maximum Gasteiger partial charge on any atom is 0.207 e. The van der Waals surface area contributed by atoms with Gasteiger partial charge in [0, 0.05) is 30.1 Å². The average Bonchev–Trinajstić information content (AvgIpc) is 2.89. The number of piperidine rings is 1. The van der Waals surface area contributed by atoms with Crippen LogP contribution in [0.1, 0.15) is 42.4 Å². The van der Waals surface area contributed by atoms with E-state index in [0.717, 1.165) is 44.4 Å². The normalized spacial score (nSPS) is 16.2. The van der Waals surface area contributed by atoms with Crippen LogP contribution in [0.2, 0.25) is 5.02 Å². The molecule has 1 saturated heterocycles. The van der Waals surface area contributed by atoms with Gasteiger partial charge in [-0.05, 0) is 61.1 Å². The molecule has 1 amide bonds.